The van der Waals surface area contributed by atoms with Gasteiger partial charge in [-0.3, -0.25) is 14.2 Å². The van der Waals surface area contributed by atoms with Crippen molar-refractivity contribution in [2.24, 2.45) is 5.92 Å². The van der Waals surface area contributed by atoms with Crippen LogP contribution in [0.1, 0.15) is 40.4 Å². The molecule has 2 heterocycles. The Kier molecular flexibility index (Phi) is 5.26. The monoisotopic (exact) mass is 366 g/mol. The highest BCUT2D eigenvalue weighted by atomic mass is 16.5. The number of nitrogens with one attached hydrogen (secondary N) is 1. The molecule has 0 fully saturated rings. The maximum Gasteiger partial charge on any atom is 0.328 e. The summed E-state index contributed by atoms with van der Waals surface area (Å²) in [7, 11) is 1.28. The normalized spacial score (nSPS) is 13.9. The minimum absolute atomic E-state index is 0.142. The second-order valence-corrected chi connectivity index (χ2v) is 6.83. The molecule has 2 aromatic rings. The zero-order chi connectivity index (χ0) is 19.6. The van der Waals surface area contributed by atoms with Gasteiger partial charge in [0, 0.05) is 17.7 Å². The van der Waals surface area contributed by atoms with Gasteiger partial charge in [0.25, 0.3) is 11.8 Å². The molecule has 1 aromatic carbocycles. The zero-order valence-corrected chi connectivity index (χ0v) is 15.6. The van der Waals surface area contributed by atoms with E-state index in [1.54, 1.807) is 18.2 Å². The number of aromatic nitrogens is 1. The molecule has 1 aliphatic heterocycles. The number of ether oxygens (including phenoxy) is 1. The number of allylic oxidation sites excluding steroid dienone is 1. The van der Waals surface area contributed by atoms with E-state index in [1.165, 1.54) is 11.7 Å². The van der Waals surface area contributed by atoms with Gasteiger partial charge in [-0.2, -0.15) is 0 Å². The van der Waals surface area contributed by atoms with Crippen molar-refractivity contribution in [3.05, 3.63) is 65.0 Å². The standard InChI is InChI=1S/C21H22N2O4/c1-13(2)18(21(26)27-3)22-19(24)17-10-9-16-12-15(20(25)23(16)17)11-14-7-5-4-6-8-14/h4-10,12-13,18H,11H2,1-3H3,(H,22,24)/t18-/m0/s1. The summed E-state index contributed by atoms with van der Waals surface area (Å²) in [5, 5.41) is 2.67. The van der Waals surface area contributed by atoms with Crippen molar-refractivity contribution in [1.82, 2.24) is 9.88 Å². The van der Waals surface area contributed by atoms with Crippen molar-refractivity contribution in [3.8, 4) is 0 Å². The molecule has 1 aromatic heterocycles. The number of carbonyl (C=O) groups is 3. The quantitative estimate of drug-likeness (QED) is 0.798. The van der Waals surface area contributed by atoms with Gasteiger partial charge in [0.2, 0.25) is 0 Å². The molecular weight excluding hydrogens is 344 g/mol. The molecule has 1 atom stereocenters. The molecule has 0 radical (unpaired) electrons. The molecular formula is C21H22N2O4. The summed E-state index contributed by atoms with van der Waals surface area (Å²) in [6.07, 6.45) is 2.30. The van der Waals surface area contributed by atoms with E-state index in [0.717, 1.165) is 5.56 Å². The molecule has 6 nitrogen and oxygen atoms in total. The number of benzene rings is 1. The van der Waals surface area contributed by atoms with Crippen molar-refractivity contribution in [2.75, 3.05) is 7.11 Å². The summed E-state index contributed by atoms with van der Waals surface area (Å²) in [4.78, 5) is 37.4. The molecule has 0 aliphatic carbocycles. The Bertz CT molecular complexity index is 910. The predicted octanol–water partition coefficient (Wildman–Crippen LogP) is 2.70. The predicted molar refractivity (Wildman–Crippen MR) is 101 cm³/mol. The first-order chi connectivity index (χ1) is 12.9. The van der Waals surface area contributed by atoms with Gasteiger partial charge < -0.3 is 10.1 Å². The van der Waals surface area contributed by atoms with Crippen molar-refractivity contribution in [2.45, 2.75) is 26.3 Å². The summed E-state index contributed by atoms with van der Waals surface area (Å²) in [5.74, 6) is -1.35. The molecule has 6 heteroatoms. The Labute approximate surface area is 157 Å². The van der Waals surface area contributed by atoms with Crippen LogP contribution in [-0.4, -0.2) is 35.5 Å². The first-order valence-electron chi connectivity index (χ1n) is 8.82. The van der Waals surface area contributed by atoms with Crippen molar-refractivity contribution in [1.29, 1.82) is 0 Å². The smallest absolute Gasteiger partial charge is 0.328 e. The molecule has 27 heavy (non-hydrogen) atoms. The minimum atomic E-state index is -0.776. The van der Waals surface area contributed by atoms with Crippen LogP contribution in [0.4, 0.5) is 0 Å². The summed E-state index contributed by atoms with van der Waals surface area (Å²) in [6.45, 7) is 3.63. The van der Waals surface area contributed by atoms with E-state index in [0.29, 0.717) is 17.7 Å². The molecule has 1 aliphatic rings. The van der Waals surface area contributed by atoms with Crippen LogP contribution in [0, 0.1) is 5.92 Å². The molecule has 0 saturated carbocycles. The van der Waals surface area contributed by atoms with Gasteiger partial charge in [0.05, 0.1) is 7.11 Å². The van der Waals surface area contributed by atoms with Crippen LogP contribution in [0.5, 0.6) is 0 Å². The lowest BCUT2D eigenvalue weighted by atomic mass is 10.0. The Morgan fingerprint density at radius 2 is 1.81 bits per heavy atom. The van der Waals surface area contributed by atoms with E-state index in [4.69, 9.17) is 4.74 Å². The Balaban J connectivity index is 1.79. The van der Waals surface area contributed by atoms with Gasteiger partial charge in [-0.15, -0.1) is 0 Å². The Hall–Kier alpha value is -3.15. The molecule has 0 spiro atoms. The van der Waals surface area contributed by atoms with E-state index in [2.05, 4.69) is 5.32 Å². The third-order valence-corrected chi connectivity index (χ3v) is 4.59. The number of hydrogen-bond donors (Lipinski definition) is 1. The molecule has 0 bridgehead atoms. The van der Waals surface area contributed by atoms with E-state index >= 15 is 0 Å². The first-order valence-corrected chi connectivity index (χ1v) is 8.82. The maximum atomic E-state index is 12.8. The molecule has 0 saturated heterocycles. The average molecular weight is 366 g/mol. The van der Waals surface area contributed by atoms with Crippen LogP contribution < -0.4 is 5.32 Å². The molecule has 140 valence electrons. The highest BCUT2D eigenvalue weighted by Gasteiger charge is 2.30. The minimum Gasteiger partial charge on any atom is -0.467 e. The lowest BCUT2D eigenvalue weighted by Crippen LogP contribution is -2.45. The third kappa shape index (κ3) is 3.69. The number of esters is 1. The van der Waals surface area contributed by atoms with Gasteiger partial charge in [0.1, 0.15) is 11.7 Å². The van der Waals surface area contributed by atoms with Crippen LogP contribution in [0.25, 0.3) is 6.08 Å². The van der Waals surface area contributed by atoms with Gasteiger partial charge in [0.15, 0.2) is 0 Å². The number of hydrogen-bond acceptors (Lipinski definition) is 4. The largest absolute Gasteiger partial charge is 0.467 e. The molecule has 0 unspecified atom stereocenters. The number of methoxy groups -OCH3 is 1. The van der Waals surface area contributed by atoms with Gasteiger partial charge in [-0.05, 0) is 29.7 Å². The van der Waals surface area contributed by atoms with Crippen LogP contribution in [0.3, 0.4) is 0 Å². The number of amides is 1. The van der Waals surface area contributed by atoms with Crippen LogP contribution in [0.2, 0.25) is 0 Å². The maximum absolute atomic E-state index is 12.8. The number of fused-ring (bicyclic) bond motifs is 1. The van der Waals surface area contributed by atoms with Crippen molar-refractivity contribution in [3.63, 3.8) is 0 Å². The fourth-order valence-electron chi connectivity index (χ4n) is 3.14. The molecule has 1 N–H and O–H groups in total. The van der Waals surface area contributed by atoms with E-state index < -0.39 is 17.9 Å². The fraction of sp³-hybridized carbons (Fsp3) is 0.286. The van der Waals surface area contributed by atoms with Gasteiger partial charge in [-0.25, -0.2) is 4.79 Å². The highest BCUT2D eigenvalue weighted by molar-refractivity contribution is 6.10. The second-order valence-electron chi connectivity index (χ2n) is 6.83. The Morgan fingerprint density at radius 1 is 1.11 bits per heavy atom. The van der Waals surface area contributed by atoms with E-state index in [9.17, 15) is 14.4 Å². The SMILES string of the molecule is COC(=O)[C@@H](NC(=O)c1ccc2n1C(=O)C(Cc1ccccc1)=C2)C(C)C. The third-order valence-electron chi connectivity index (χ3n) is 4.59. The lowest BCUT2D eigenvalue weighted by molar-refractivity contribution is -0.144. The topological polar surface area (TPSA) is 77.4 Å². The number of rotatable bonds is 6. The fourth-order valence-corrected chi connectivity index (χ4v) is 3.14. The summed E-state index contributed by atoms with van der Waals surface area (Å²) < 4.78 is 6.14. The van der Waals surface area contributed by atoms with Crippen molar-refractivity contribution < 1.29 is 19.1 Å². The van der Waals surface area contributed by atoms with E-state index in [-0.39, 0.29) is 17.5 Å². The van der Waals surface area contributed by atoms with Crippen molar-refractivity contribution >= 4 is 23.9 Å². The van der Waals surface area contributed by atoms with Gasteiger partial charge in [-0.1, -0.05) is 44.2 Å². The van der Waals surface area contributed by atoms with Gasteiger partial charge >= 0.3 is 5.97 Å². The second kappa shape index (κ2) is 7.61. The Morgan fingerprint density at radius 3 is 2.44 bits per heavy atom. The summed E-state index contributed by atoms with van der Waals surface area (Å²) in [6, 6.07) is 12.2. The molecule has 3 rings (SSSR count). The lowest BCUT2D eigenvalue weighted by Gasteiger charge is -2.20. The first kappa shape index (κ1) is 18.6. The molecule has 1 amide bonds. The van der Waals surface area contributed by atoms with Crippen LogP contribution in [0.15, 0.2) is 48.0 Å². The number of carbonyl (C=O) groups excluding carboxylic acids is 3. The van der Waals surface area contributed by atoms with Crippen LogP contribution in [-0.2, 0) is 16.0 Å². The highest BCUT2D eigenvalue weighted by Crippen LogP contribution is 2.25. The average Bonchev–Trinajstić information content (AvgIpc) is 3.20. The number of nitrogens with zero attached hydrogens (tertiary/aromatic N) is 1. The summed E-state index contributed by atoms with van der Waals surface area (Å²) in [5.41, 5.74) is 2.53. The summed E-state index contributed by atoms with van der Waals surface area (Å²) >= 11 is 0. The van der Waals surface area contributed by atoms with E-state index in [1.807, 2.05) is 44.2 Å². The van der Waals surface area contributed by atoms with Crippen LogP contribution >= 0.6 is 0 Å². The zero-order valence-electron chi connectivity index (χ0n) is 15.6.